The van der Waals surface area contributed by atoms with Gasteiger partial charge in [-0.2, -0.15) is 10.2 Å². The number of hydroxylamine groups is 2. The Balaban J connectivity index is 1.67. The molecule has 1 saturated heterocycles. The zero-order valence-electron chi connectivity index (χ0n) is 18.6. The van der Waals surface area contributed by atoms with E-state index in [1.165, 1.54) is 47.3 Å². The van der Waals surface area contributed by atoms with Gasteiger partial charge in [0.1, 0.15) is 23.4 Å². The number of likely N-dealkylation sites (N-methyl/N-ethyl adjacent to an activating group) is 1. The summed E-state index contributed by atoms with van der Waals surface area (Å²) < 4.78 is 4.96. The average molecular weight is 491 g/mol. The number of anilines is 1. The van der Waals surface area contributed by atoms with Gasteiger partial charge in [0.15, 0.2) is 0 Å². The van der Waals surface area contributed by atoms with Crippen LogP contribution in [0.1, 0.15) is 19.6 Å². The summed E-state index contributed by atoms with van der Waals surface area (Å²) in [6.07, 6.45) is 3.33. The number of hydrogen-bond donors (Lipinski definition) is 2. The van der Waals surface area contributed by atoms with Gasteiger partial charge in [-0.25, -0.2) is 10.2 Å². The Morgan fingerprint density at radius 2 is 2.03 bits per heavy atom. The van der Waals surface area contributed by atoms with Gasteiger partial charge in [0.05, 0.1) is 11.6 Å². The van der Waals surface area contributed by atoms with Gasteiger partial charge in [-0.05, 0) is 56.3 Å². The number of furan rings is 1. The van der Waals surface area contributed by atoms with Crippen molar-refractivity contribution in [3.63, 3.8) is 0 Å². The lowest BCUT2D eigenvalue weighted by Crippen LogP contribution is -2.55. The van der Waals surface area contributed by atoms with Gasteiger partial charge in [-0.1, -0.05) is 11.6 Å². The van der Waals surface area contributed by atoms with Crippen LogP contribution < -0.4 is 10.3 Å². The third-order valence-electron chi connectivity index (χ3n) is 5.17. The number of nitrogens with one attached hydrogen (secondary N) is 1. The minimum atomic E-state index is -0.949. The second-order valence-corrected chi connectivity index (χ2v) is 8.36. The lowest BCUT2D eigenvalue weighted by atomic mass is 10.00. The quantitative estimate of drug-likeness (QED) is 0.328. The number of urea groups is 1. The Morgan fingerprint density at radius 3 is 2.62 bits per heavy atom. The predicted molar refractivity (Wildman–Crippen MR) is 124 cm³/mol. The number of hydrazone groups is 1. The van der Waals surface area contributed by atoms with Crippen LogP contribution in [0, 0.1) is 10.1 Å². The Morgan fingerprint density at radius 1 is 1.35 bits per heavy atom. The largest absolute Gasteiger partial charge is 0.433 e. The lowest BCUT2D eigenvalue weighted by molar-refractivity contribution is -0.402. The highest BCUT2D eigenvalue weighted by Crippen LogP contribution is 2.37. The normalized spacial score (nSPS) is 17.9. The number of halogens is 1. The number of rotatable bonds is 8. The zero-order valence-corrected chi connectivity index (χ0v) is 19.3. The van der Waals surface area contributed by atoms with Crippen LogP contribution in [-0.4, -0.2) is 63.5 Å². The topological polar surface area (TPSA) is 145 Å². The van der Waals surface area contributed by atoms with E-state index in [1.807, 2.05) is 0 Å². The number of hydrogen-bond acceptors (Lipinski definition) is 8. The van der Waals surface area contributed by atoms with Crippen molar-refractivity contribution in [2.24, 2.45) is 5.10 Å². The second kappa shape index (κ2) is 10.0. The highest BCUT2D eigenvalue weighted by atomic mass is 35.5. The summed E-state index contributed by atoms with van der Waals surface area (Å²) in [4.78, 5) is 38.4. The van der Waals surface area contributed by atoms with E-state index in [2.05, 4.69) is 10.5 Å². The van der Waals surface area contributed by atoms with Crippen LogP contribution >= 0.6 is 11.6 Å². The van der Waals surface area contributed by atoms with E-state index >= 15 is 0 Å². The van der Waals surface area contributed by atoms with E-state index in [-0.39, 0.29) is 18.2 Å². The van der Waals surface area contributed by atoms with Gasteiger partial charge in [0.2, 0.25) is 0 Å². The molecule has 34 heavy (non-hydrogen) atoms. The number of benzene rings is 1. The molecule has 13 heteroatoms. The minimum absolute atomic E-state index is 0.246. The van der Waals surface area contributed by atoms with Crippen LogP contribution in [0.3, 0.4) is 0 Å². The average Bonchev–Trinajstić information content (AvgIpc) is 3.31. The predicted octanol–water partition coefficient (Wildman–Crippen LogP) is 3.32. The van der Waals surface area contributed by atoms with Crippen LogP contribution in [0.25, 0.3) is 6.08 Å². The first-order valence-electron chi connectivity index (χ1n) is 10.0. The molecule has 3 amide bonds. The van der Waals surface area contributed by atoms with Gasteiger partial charge in [0, 0.05) is 24.0 Å². The highest BCUT2D eigenvalue weighted by molar-refractivity contribution is 6.30. The van der Waals surface area contributed by atoms with Gasteiger partial charge in [0.25, 0.3) is 5.91 Å². The van der Waals surface area contributed by atoms with E-state index in [4.69, 9.17) is 16.0 Å². The maximum atomic E-state index is 13.2. The van der Waals surface area contributed by atoms with Crippen molar-refractivity contribution in [3.8, 4) is 0 Å². The molecule has 0 bridgehead atoms. The van der Waals surface area contributed by atoms with Crippen LogP contribution in [0.15, 0.2) is 52.0 Å². The van der Waals surface area contributed by atoms with E-state index < -0.39 is 28.6 Å². The smallest absolute Gasteiger partial charge is 0.401 e. The van der Waals surface area contributed by atoms with Crippen LogP contribution in [0.2, 0.25) is 5.02 Å². The van der Waals surface area contributed by atoms with E-state index in [9.17, 15) is 24.9 Å². The van der Waals surface area contributed by atoms with Crippen molar-refractivity contribution in [2.75, 3.05) is 18.5 Å². The van der Waals surface area contributed by atoms with Gasteiger partial charge in [-0.15, -0.1) is 0 Å². The molecular weight excluding hydrogens is 468 g/mol. The number of carbonyl (C=O) groups excluding carboxylic acids is 2. The summed E-state index contributed by atoms with van der Waals surface area (Å²) in [6.45, 7) is 3.16. The number of allylic oxidation sites excluding steroid dienone is 1. The molecule has 1 fully saturated rings. The molecule has 12 nitrogen and oxygen atoms in total. The first-order valence-corrected chi connectivity index (χ1v) is 10.4. The molecular formula is C21H23ClN6O6. The first kappa shape index (κ1) is 24.9. The van der Waals surface area contributed by atoms with Crippen molar-refractivity contribution in [2.45, 2.75) is 25.6 Å². The summed E-state index contributed by atoms with van der Waals surface area (Å²) in [6, 6.07) is 8.73. The molecule has 1 unspecified atom stereocenters. The Labute approximate surface area is 199 Å². The lowest BCUT2D eigenvalue weighted by Gasteiger charge is -2.37. The fourth-order valence-electron chi connectivity index (χ4n) is 3.68. The molecule has 0 saturated carbocycles. The number of nitro groups is 1. The summed E-state index contributed by atoms with van der Waals surface area (Å²) in [5, 5.41) is 26.1. The maximum Gasteiger partial charge on any atom is 0.433 e. The Bertz CT molecular complexity index is 1130. The van der Waals surface area contributed by atoms with Crippen molar-refractivity contribution in [1.82, 2.24) is 15.4 Å². The van der Waals surface area contributed by atoms with Crippen molar-refractivity contribution in [3.05, 3.63) is 63.4 Å². The van der Waals surface area contributed by atoms with E-state index in [1.54, 1.807) is 38.1 Å². The van der Waals surface area contributed by atoms with Crippen LogP contribution in [0.5, 0.6) is 0 Å². The molecule has 1 aliphatic heterocycles. The zero-order chi connectivity index (χ0) is 25.0. The summed E-state index contributed by atoms with van der Waals surface area (Å²) >= 11 is 5.95. The summed E-state index contributed by atoms with van der Waals surface area (Å²) in [7, 11) is 1.43. The molecule has 1 aromatic carbocycles. The third kappa shape index (κ3) is 5.25. The number of nitrogens with zero attached hydrogens (tertiary/aromatic N) is 5. The molecule has 0 radical (unpaired) electrons. The fraction of sp³-hybridized carbons (Fsp3) is 0.286. The molecule has 1 aromatic heterocycles. The Kier molecular flexibility index (Phi) is 7.35. The molecule has 2 aromatic rings. The van der Waals surface area contributed by atoms with E-state index in [0.29, 0.717) is 10.7 Å². The van der Waals surface area contributed by atoms with Crippen LogP contribution in [-0.2, 0) is 4.79 Å². The number of amides is 3. The molecule has 180 valence electrons. The summed E-state index contributed by atoms with van der Waals surface area (Å²) in [5.74, 6) is -0.699. The van der Waals surface area contributed by atoms with Crippen molar-refractivity contribution >= 4 is 47.4 Å². The van der Waals surface area contributed by atoms with Gasteiger partial charge in [-0.3, -0.25) is 19.8 Å². The molecule has 1 atom stereocenters. The SMILES string of the molecule is CN(O)C1N(c2ccc(Cl)cc2)C(=O)N(CC(=O)N/N=C\C=C\c2ccc([N+](=O)[O-])o2)C1(C)C. The van der Waals surface area contributed by atoms with E-state index in [0.717, 1.165) is 5.06 Å². The van der Waals surface area contributed by atoms with Crippen LogP contribution in [0.4, 0.5) is 16.4 Å². The van der Waals surface area contributed by atoms with Gasteiger partial charge >= 0.3 is 11.9 Å². The standard InChI is InChI=1S/C21H23ClN6O6/c1-21(2)19(25(3)31)27(15-8-6-14(22)7-9-15)20(30)26(21)13-17(29)24-23-12-4-5-16-10-11-18(34-16)28(32)33/h4-12,19,31H,13H2,1-3H3,(H,24,29)/b5-4+,23-12-. The fourth-order valence-corrected chi connectivity index (χ4v) is 3.81. The molecule has 2 N–H and O–H groups in total. The van der Waals surface area contributed by atoms with Crippen molar-refractivity contribution in [1.29, 1.82) is 0 Å². The molecule has 1 aliphatic rings. The summed E-state index contributed by atoms with van der Waals surface area (Å²) in [5.41, 5.74) is 1.88. The molecule has 3 rings (SSSR count). The third-order valence-corrected chi connectivity index (χ3v) is 5.42. The van der Waals surface area contributed by atoms with Gasteiger partial charge < -0.3 is 14.5 Å². The molecule has 2 heterocycles. The highest BCUT2D eigenvalue weighted by Gasteiger charge is 2.54. The van der Waals surface area contributed by atoms with Crippen molar-refractivity contribution < 1.29 is 24.1 Å². The first-order chi connectivity index (χ1) is 16.0. The molecule has 0 spiro atoms. The maximum absolute atomic E-state index is 13.2. The minimum Gasteiger partial charge on any atom is -0.401 e. The second-order valence-electron chi connectivity index (χ2n) is 7.92. The monoisotopic (exact) mass is 490 g/mol. The number of carbonyl (C=O) groups is 2. The molecule has 0 aliphatic carbocycles. The Hall–Kier alpha value is -3.74.